The minimum absolute atomic E-state index is 0.179. The predicted octanol–water partition coefficient (Wildman–Crippen LogP) is 5.02. The molecule has 28 heavy (non-hydrogen) atoms. The number of hydrogen-bond acceptors (Lipinski definition) is 6. The van der Waals surface area contributed by atoms with Crippen LogP contribution in [-0.2, 0) is 0 Å². The molecule has 7 heteroatoms. The summed E-state index contributed by atoms with van der Waals surface area (Å²) in [6.45, 7) is 10.1. The highest BCUT2D eigenvalue weighted by Crippen LogP contribution is 2.26. The Morgan fingerprint density at radius 3 is 2.57 bits per heavy atom. The summed E-state index contributed by atoms with van der Waals surface area (Å²) in [5.74, 6) is 0.226. The second-order valence-corrected chi connectivity index (χ2v) is 8.36. The standard InChI is InChI=1S/C21H26N4OS2/c1-5-24(6-2)17-10-9-16(19(26)12-17)13-22-25-18(20-8-7-11-27-20)14-28-21(25)23-15(3)4/h7-15,26H,5-6H2,1-4H3. The molecule has 0 atom stereocenters. The lowest BCUT2D eigenvalue weighted by molar-refractivity contribution is 0.474. The molecule has 0 bridgehead atoms. The van der Waals surface area contributed by atoms with Crippen molar-refractivity contribution >= 4 is 34.6 Å². The van der Waals surface area contributed by atoms with Crippen molar-refractivity contribution in [2.24, 2.45) is 10.1 Å². The lowest BCUT2D eigenvalue weighted by Crippen LogP contribution is -2.21. The first-order valence-corrected chi connectivity index (χ1v) is 11.2. The average molecular weight is 415 g/mol. The first-order valence-electron chi connectivity index (χ1n) is 9.44. The molecular formula is C21H26N4OS2. The molecule has 0 aliphatic rings. The zero-order valence-corrected chi connectivity index (χ0v) is 18.3. The van der Waals surface area contributed by atoms with Gasteiger partial charge in [-0.05, 0) is 51.3 Å². The maximum Gasteiger partial charge on any atom is 0.206 e. The molecule has 3 rings (SSSR count). The summed E-state index contributed by atoms with van der Waals surface area (Å²) in [6.07, 6.45) is 1.70. The van der Waals surface area contributed by atoms with Crippen molar-refractivity contribution in [3.05, 3.63) is 51.5 Å². The maximum atomic E-state index is 10.5. The van der Waals surface area contributed by atoms with Crippen molar-refractivity contribution in [2.45, 2.75) is 33.7 Å². The molecule has 0 aliphatic carbocycles. The van der Waals surface area contributed by atoms with Crippen molar-refractivity contribution < 1.29 is 5.11 Å². The van der Waals surface area contributed by atoms with E-state index in [1.54, 1.807) is 35.0 Å². The molecule has 3 aromatic rings. The number of rotatable bonds is 7. The summed E-state index contributed by atoms with van der Waals surface area (Å²) in [5, 5.41) is 19.3. The number of aromatic hydroxyl groups is 1. The summed E-state index contributed by atoms with van der Waals surface area (Å²) in [4.78, 5) is 8.86. The summed E-state index contributed by atoms with van der Waals surface area (Å²) >= 11 is 3.25. The monoisotopic (exact) mass is 414 g/mol. The minimum Gasteiger partial charge on any atom is -0.507 e. The first kappa shape index (κ1) is 20.4. The molecule has 2 heterocycles. The number of thiazole rings is 1. The fourth-order valence-corrected chi connectivity index (χ4v) is 4.62. The first-order chi connectivity index (χ1) is 13.5. The van der Waals surface area contributed by atoms with Crippen LogP contribution in [0.15, 0.2) is 51.2 Å². The Labute approximate surface area is 173 Å². The molecule has 0 fully saturated rings. The van der Waals surface area contributed by atoms with E-state index in [0.717, 1.165) is 34.1 Å². The third-order valence-electron chi connectivity index (χ3n) is 4.28. The molecule has 5 nitrogen and oxygen atoms in total. The Balaban J connectivity index is 1.99. The van der Waals surface area contributed by atoms with Crippen LogP contribution in [0, 0.1) is 0 Å². The zero-order chi connectivity index (χ0) is 20.1. The topological polar surface area (TPSA) is 53.1 Å². The number of thiophene rings is 1. The van der Waals surface area contributed by atoms with E-state index in [1.807, 2.05) is 22.9 Å². The van der Waals surface area contributed by atoms with Gasteiger partial charge in [0.2, 0.25) is 4.80 Å². The van der Waals surface area contributed by atoms with Crippen molar-refractivity contribution in [3.8, 4) is 16.3 Å². The van der Waals surface area contributed by atoms with Crippen molar-refractivity contribution in [2.75, 3.05) is 18.0 Å². The van der Waals surface area contributed by atoms with Gasteiger partial charge in [-0.25, -0.2) is 4.68 Å². The molecule has 0 radical (unpaired) electrons. The average Bonchev–Trinajstić information content (AvgIpc) is 3.31. The largest absolute Gasteiger partial charge is 0.507 e. The molecule has 0 saturated heterocycles. The number of aromatic nitrogens is 1. The van der Waals surface area contributed by atoms with E-state index < -0.39 is 0 Å². The van der Waals surface area contributed by atoms with E-state index in [0.29, 0.717) is 5.56 Å². The number of phenols is 1. The van der Waals surface area contributed by atoms with E-state index in [2.05, 4.69) is 59.5 Å². The highest BCUT2D eigenvalue weighted by atomic mass is 32.1. The lowest BCUT2D eigenvalue weighted by atomic mass is 10.2. The van der Waals surface area contributed by atoms with Crippen LogP contribution in [0.3, 0.4) is 0 Å². The van der Waals surface area contributed by atoms with Gasteiger partial charge < -0.3 is 10.0 Å². The number of nitrogens with zero attached hydrogens (tertiary/aromatic N) is 4. The second-order valence-electron chi connectivity index (χ2n) is 6.58. The van der Waals surface area contributed by atoms with Gasteiger partial charge in [-0.3, -0.25) is 4.99 Å². The van der Waals surface area contributed by atoms with Crippen LogP contribution in [0.1, 0.15) is 33.3 Å². The number of anilines is 1. The van der Waals surface area contributed by atoms with E-state index in [4.69, 9.17) is 0 Å². The third kappa shape index (κ3) is 4.54. The predicted molar refractivity (Wildman–Crippen MR) is 121 cm³/mol. The van der Waals surface area contributed by atoms with Gasteiger partial charge in [0.05, 0.1) is 16.8 Å². The van der Waals surface area contributed by atoms with Crippen LogP contribution in [0.2, 0.25) is 0 Å². The molecule has 0 spiro atoms. The Hall–Kier alpha value is -2.38. The van der Waals surface area contributed by atoms with Crippen LogP contribution in [0.4, 0.5) is 5.69 Å². The van der Waals surface area contributed by atoms with E-state index in [1.165, 1.54) is 0 Å². The highest BCUT2D eigenvalue weighted by Gasteiger charge is 2.10. The molecule has 0 unspecified atom stereocenters. The summed E-state index contributed by atoms with van der Waals surface area (Å²) in [5.41, 5.74) is 2.70. The van der Waals surface area contributed by atoms with Gasteiger partial charge in [-0.1, -0.05) is 6.07 Å². The van der Waals surface area contributed by atoms with Crippen LogP contribution in [0.25, 0.3) is 10.6 Å². The Morgan fingerprint density at radius 1 is 1.18 bits per heavy atom. The SMILES string of the molecule is CCN(CC)c1ccc(C=Nn2c(-c3cccs3)csc2=NC(C)C)c(O)c1. The minimum atomic E-state index is 0.179. The number of benzene rings is 1. The molecule has 0 amide bonds. The smallest absolute Gasteiger partial charge is 0.206 e. The molecule has 148 valence electrons. The van der Waals surface area contributed by atoms with Gasteiger partial charge in [0.25, 0.3) is 0 Å². The summed E-state index contributed by atoms with van der Waals surface area (Å²) < 4.78 is 1.86. The van der Waals surface area contributed by atoms with Crippen LogP contribution < -0.4 is 9.70 Å². The fraction of sp³-hybridized carbons (Fsp3) is 0.333. The Kier molecular flexibility index (Phi) is 6.70. The fourth-order valence-electron chi connectivity index (χ4n) is 2.86. The molecule has 1 N–H and O–H groups in total. The second kappa shape index (κ2) is 9.21. The molecule has 1 aromatic carbocycles. The summed E-state index contributed by atoms with van der Waals surface area (Å²) in [7, 11) is 0. The Bertz CT molecular complexity index is 996. The van der Waals surface area contributed by atoms with Crippen LogP contribution >= 0.6 is 22.7 Å². The van der Waals surface area contributed by atoms with Gasteiger partial charge in [-0.15, -0.1) is 22.7 Å². The quantitative estimate of drug-likeness (QED) is 0.552. The number of phenolic OH excluding ortho intramolecular Hbond substituents is 1. The maximum absolute atomic E-state index is 10.5. The van der Waals surface area contributed by atoms with Crippen molar-refractivity contribution in [1.29, 1.82) is 0 Å². The normalized spacial score (nSPS) is 12.4. The van der Waals surface area contributed by atoms with Crippen molar-refractivity contribution in [3.63, 3.8) is 0 Å². The van der Waals surface area contributed by atoms with Gasteiger partial charge in [-0.2, -0.15) is 5.10 Å². The molecular weight excluding hydrogens is 388 g/mol. The molecule has 0 saturated carbocycles. The summed E-state index contributed by atoms with van der Waals surface area (Å²) in [6, 6.07) is 10.0. The molecule has 0 aliphatic heterocycles. The van der Waals surface area contributed by atoms with Gasteiger partial charge in [0.1, 0.15) is 5.75 Å². The van der Waals surface area contributed by atoms with E-state index in [-0.39, 0.29) is 11.8 Å². The van der Waals surface area contributed by atoms with Gasteiger partial charge in [0, 0.05) is 41.8 Å². The third-order valence-corrected chi connectivity index (χ3v) is 6.01. The van der Waals surface area contributed by atoms with E-state index >= 15 is 0 Å². The lowest BCUT2D eigenvalue weighted by Gasteiger charge is -2.21. The van der Waals surface area contributed by atoms with Crippen LogP contribution in [0.5, 0.6) is 5.75 Å². The number of hydrogen-bond donors (Lipinski definition) is 1. The molecule has 2 aromatic heterocycles. The van der Waals surface area contributed by atoms with Crippen molar-refractivity contribution in [1.82, 2.24) is 4.68 Å². The zero-order valence-electron chi connectivity index (χ0n) is 16.7. The van der Waals surface area contributed by atoms with Crippen LogP contribution in [-0.4, -0.2) is 35.1 Å². The van der Waals surface area contributed by atoms with E-state index in [9.17, 15) is 5.11 Å². The Morgan fingerprint density at radius 2 is 1.96 bits per heavy atom. The van der Waals surface area contributed by atoms with Gasteiger partial charge >= 0.3 is 0 Å². The highest BCUT2D eigenvalue weighted by molar-refractivity contribution is 7.14. The van der Waals surface area contributed by atoms with Gasteiger partial charge in [0.15, 0.2) is 0 Å².